The molecular formula is C15H13F4IN6O. The summed E-state index contributed by atoms with van der Waals surface area (Å²) in [6.45, 7) is 0.756. The second-order valence-electron chi connectivity index (χ2n) is 5.63. The van der Waals surface area contributed by atoms with Gasteiger partial charge < -0.3 is 11.1 Å². The third-order valence-corrected chi connectivity index (χ3v) is 4.57. The number of amides is 1. The number of aromatic nitrogens is 2. The fourth-order valence-corrected chi connectivity index (χ4v) is 3.19. The Morgan fingerprint density at radius 3 is 2.78 bits per heavy atom. The van der Waals surface area contributed by atoms with E-state index in [1.807, 2.05) is 0 Å². The number of rotatable bonds is 5. The summed E-state index contributed by atoms with van der Waals surface area (Å²) >= 11 is 1.64. The van der Waals surface area contributed by atoms with Crippen LogP contribution in [0.3, 0.4) is 0 Å². The van der Waals surface area contributed by atoms with Crippen LogP contribution in [0.5, 0.6) is 0 Å². The van der Waals surface area contributed by atoms with Crippen molar-refractivity contribution in [2.75, 3.05) is 18.4 Å². The van der Waals surface area contributed by atoms with Crippen LogP contribution in [0, 0.1) is 5.82 Å². The van der Waals surface area contributed by atoms with Crippen molar-refractivity contribution >= 4 is 40.2 Å². The monoisotopic (exact) mass is 496 g/mol. The van der Waals surface area contributed by atoms with E-state index in [2.05, 4.69) is 20.6 Å². The number of alkyl halides is 3. The standard InChI is InChI=1S/C15H13F4IN6O/c16-9-2-1-7(5-8(9)15(17,18)19)11-13(25-26(20)14(11)27)12-10(6-23-24-12)22-4-3-21/h1-2,5-6,11,22H,3-4,21H2,(H,23,24). The number of carbonyl (C=O) groups is 1. The molecule has 1 amide bonds. The van der Waals surface area contributed by atoms with Gasteiger partial charge in [0.2, 0.25) is 0 Å². The summed E-state index contributed by atoms with van der Waals surface area (Å²) in [5, 5.41) is 13.7. The molecule has 4 N–H and O–H groups in total. The van der Waals surface area contributed by atoms with E-state index in [0.717, 1.165) is 9.29 Å². The molecule has 27 heavy (non-hydrogen) atoms. The van der Waals surface area contributed by atoms with Crippen LogP contribution < -0.4 is 11.1 Å². The maximum Gasteiger partial charge on any atom is 0.419 e. The molecule has 1 unspecified atom stereocenters. The molecule has 1 aromatic carbocycles. The number of nitrogens with one attached hydrogen (secondary N) is 2. The highest BCUT2D eigenvalue weighted by molar-refractivity contribution is 14.1. The van der Waals surface area contributed by atoms with Crippen LogP contribution in [-0.4, -0.2) is 38.1 Å². The number of carbonyl (C=O) groups excluding carboxylic acids is 1. The summed E-state index contributed by atoms with van der Waals surface area (Å²) in [5.41, 5.74) is 5.01. The Balaban J connectivity index is 2.06. The van der Waals surface area contributed by atoms with E-state index in [1.54, 1.807) is 22.9 Å². The van der Waals surface area contributed by atoms with Gasteiger partial charge in [-0.2, -0.15) is 26.6 Å². The van der Waals surface area contributed by atoms with Gasteiger partial charge in [-0.1, -0.05) is 6.07 Å². The Bertz CT molecular complexity index is 897. The van der Waals surface area contributed by atoms with Gasteiger partial charge in [0, 0.05) is 13.1 Å². The van der Waals surface area contributed by atoms with Crippen molar-refractivity contribution < 1.29 is 22.4 Å². The number of benzene rings is 1. The molecule has 7 nitrogen and oxygen atoms in total. The number of hydrogen-bond donors (Lipinski definition) is 3. The van der Waals surface area contributed by atoms with E-state index < -0.39 is 29.4 Å². The summed E-state index contributed by atoms with van der Waals surface area (Å²) < 4.78 is 53.8. The van der Waals surface area contributed by atoms with E-state index in [4.69, 9.17) is 5.73 Å². The molecule has 12 heteroatoms. The Labute approximate surface area is 164 Å². The van der Waals surface area contributed by atoms with Crippen LogP contribution in [0.4, 0.5) is 23.2 Å². The lowest BCUT2D eigenvalue weighted by Crippen LogP contribution is -2.23. The SMILES string of the molecule is NCCNc1cn[nH]c1C1=NN(I)C(=O)C1c1ccc(F)c(C(F)(F)F)c1. The van der Waals surface area contributed by atoms with E-state index >= 15 is 0 Å². The van der Waals surface area contributed by atoms with Crippen molar-refractivity contribution in [3.05, 3.63) is 47.0 Å². The molecule has 0 bridgehead atoms. The predicted molar refractivity (Wildman–Crippen MR) is 97.7 cm³/mol. The molecule has 1 aliphatic heterocycles. The highest BCUT2D eigenvalue weighted by atomic mass is 127. The average molecular weight is 496 g/mol. The molecule has 2 aromatic rings. The number of hydrazone groups is 1. The number of aromatic amines is 1. The average Bonchev–Trinajstić information content (AvgIpc) is 3.17. The van der Waals surface area contributed by atoms with Crippen molar-refractivity contribution in [2.45, 2.75) is 12.1 Å². The first kappa shape index (κ1) is 19.5. The van der Waals surface area contributed by atoms with Crippen LogP contribution in [0.25, 0.3) is 0 Å². The van der Waals surface area contributed by atoms with Crippen LogP contribution in [0.1, 0.15) is 22.7 Å². The molecule has 0 aliphatic carbocycles. The first-order valence-corrected chi connectivity index (χ1v) is 8.63. The van der Waals surface area contributed by atoms with Gasteiger partial charge >= 0.3 is 6.18 Å². The lowest BCUT2D eigenvalue weighted by atomic mass is 9.90. The summed E-state index contributed by atoms with van der Waals surface area (Å²) in [6, 6.07) is 2.47. The van der Waals surface area contributed by atoms with Gasteiger partial charge in [-0.15, -0.1) is 0 Å². The number of halogens is 5. The fourth-order valence-electron chi connectivity index (χ4n) is 2.68. The third-order valence-electron chi connectivity index (χ3n) is 3.88. The molecule has 2 heterocycles. The molecule has 1 aromatic heterocycles. The minimum atomic E-state index is -4.88. The van der Waals surface area contributed by atoms with Gasteiger partial charge in [0.15, 0.2) is 0 Å². The Morgan fingerprint density at radius 1 is 1.37 bits per heavy atom. The first-order valence-electron chi connectivity index (χ1n) is 7.66. The number of anilines is 1. The molecular weight excluding hydrogens is 483 g/mol. The zero-order valence-electron chi connectivity index (χ0n) is 13.5. The second-order valence-corrected chi connectivity index (χ2v) is 6.54. The van der Waals surface area contributed by atoms with Gasteiger partial charge in [0.05, 0.1) is 40.3 Å². The largest absolute Gasteiger partial charge is 0.419 e. The molecule has 0 radical (unpaired) electrons. The van der Waals surface area contributed by atoms with Crippen LogP contribution >= 0.6 is 22.9 Å². The van der Waals surface area contributed by atoms with Gasteiger partial charge in [0.1, 0.15) is 23.1 Å². The molecule has 0 saturated heterocycles. The molecule has 1 atom stereocenters. The molecule has 1 aliphatic rings. The van der Waals surface area contributed by atoms with E-state index in [-0.39, 0.29) is 11.3 Å². The number of nitrogens with zero attached hydrogens (tertiary/aromatic N) is 3. The predicted octanol–water partition coefficient (Wildman–Crippen LogP) is 2.62. The zero-order valence-corrected chi connectivity index (χ0v) is 15.7. The smallest absolute Gasteiger partial charge is 0.381 e. The molecule has 0 fully saturated rings. The van der Waals surface area contributed by atoms with Gasteiger partial charge in [-0.05, 0) is 17.7 Å². The van der Waals surface area contributed by atoms with E-state index in [1.165, 1.54) is 6.20 Å². The van der Waals surface area contributed by atoms with Crippen LogP contribution in [0.15, 0.2) is 29.5 Å². The maximum atomic E-state index is 13.6. The van der Waals surface area contributed by atoms with Crippen LogP contribution in [-0.2, 0) is 11.0 Å². The number of nitrogens with two attached hydrogens (primary N) is 1. The Kier molecular flexibility index (Phi) is 5.37. The van der Waals surface area contributed by atoms with Gasteiger partial charge in [-0.3, -0.25) is 9.89 Å². The lowest BCUT2D eigenvalue weighted by Gasteiger charge is -2.15. The first-order chi connectivity index (χ1) is 12.7. The van der Waals surface area contributed by atoms with Crippen LogP contribution in [0.2, 0.25) is 0 Å². The molecule has 0 spiro atoms. The topological polar surface area (TPSA) is 99.4 Å². The minimum absolute atomic E-state index is 0.0222. The van der Waals surface area contributed by atoms with Crippen molar-refractivity contribution in [3.63, 3.8) is 0 Å². The van der Waals surface area contributed by atoms with E-state index in [0.29, 0.717) is 36.6 Å². The number of hydrogen-bond acceptors (Lipinski definition) is 5. The Morgan fingerprint density at radius 2 is 2.11 bits per heavy atom. The quantitative estimate of drug-likeness (QED) is 0.337. The van der Waals surface area contributed by atoms with Crippen molar-refractivity contribution in [1.82, 2.24) is 13.4 Å². The summed E-state index contributed by atoms with van der Waals surface area (Å²) in [4.78, 5) is 12.5. The molecule has 0 saturated carbocycles. The fraction of sp³-hybridized carbons (Fsp3) is 0.267. The lowest BCUT2D eigenvalue weighted by molar-refractivity contribution is -0.140. The van der Waals surface area contributed by atoms with Crippen molar-refractivity contribution in [1.29, 1.82) is 0 Å². The summed E-state index contributed by atoms with van der Waals surface area (Å²) in [7, 11) is 0. The Hall–Kier alpha value is -2.22. The van der Waals surface area contributed by atoms with Gasteiger partial charge in [-0.25, -0.2) is 4.39 Å². The molecule has 3 rings (SSSR count). The maximum absolute atomic E-state index is 13.6. The highest BCUT2D eigenvalue weighted by Crippen LogP contribution is 2.37. The summed E-state index contributed by atoms with van der Waals surface area (Å²) in [5.74, 6) is -3.10. The highest BCUT2D eigenvalue weighted by Gasteiger charge is 2.41. The minimum Gasteiger partial charge on any atom is -0.381 e. The normalized spacial score (nSPS) is 17.4. The third kappa shape index (κ3) is 3.76. The zero-order chi connectivity index (χ0) is 19.8. The van der Waals surface area contributed by atoms with E-state index in [9.17, 15) is 22.4 Å². The van der Waals surface area contributed by atoms with Crippen molar-refractivity contribution in [2.24, 2.45) is 10.8 Å². The molecule has 144 valence electrons. The number of H-pyrrole nitrogens is 1. The van der Waals surface area contributed by atoms with Gasteiger partial charge in [0.25, 0.3) is 5.91 Å². The van der Waals surface area contributed by atoms with Crippen molar-refractivity contribution in [3.8, 4) is 0 Å². The summed E-state index contributed by atoms with van der Waals surface area (Å²) in [6.07, 6.45) is -3.43. The second kappa shape index (κ2) is 7.42.